The summed E-state index contributed by atoms with van der Waals surface area (Å²) in [7, 11) is 0. The Bertz CT molecular complexity index is 1420. The minimum atomic E-state index is -1.98. The van der Waals surface area contributed by atoms with Gasteiger partial charge in [-0.3, -0.25) is 4.98 Å². The zero-order chi connectivity index (χ0) is 22.6. The normalized spacial score (nSPS) is 16.1. The van der Waals surface area contributed by atoms with Crippen LogP contribution in [-0.4, -0.2) is 4.98 Å². The number of fused-ring (bicyclic) bond motifs is 4. The number of hydrogen-bond donors (Lipinski definition) is 0. The second kappa shape index (κ2) is 7.04. The molecule has 5 rings (SSSR count). The van der Waals surface area contributed by atoms with Gasteiger partial charge in [-0.05, 0) is 11.6 Å². The van der Waals surface area contributed by atoms with Crippen LogP contribution in [0.1, 0.15) is 22.3 Å². The maximum absolute atomic E-state index is 14.9. The predicted molar refractivity (Wildman–Crippen MR) is 109 cm³/mol. The highest BCUT2D eigenvalue weighted by Crippen LogP contribution is 2.55. The Morgan fingerprint density at radius 3 is 1.75 bits per heavy atom. The number of hydrogen-bond acceptors (Lipinski definition) is 3. The predicted octanol–water partition coefficient (Wildman–Crippen LogP) is 5.95. The Labute approximate surface area is 179 Å². The highest BCUT2D eigenvalue weighted by molar-refractivity contribution is 6.19. The molecule has 32 heavy (non-hydrogen) atoms. The van der Waals surface area contributed by atoms with Gasteiger partial charge in [0.05, 0.1) is 17.8 Å². The average Bonchev–Trinajstić information content (AvgIpc) is 3.29. The molecule has 2 aromatic carbocycles. The minimum Gasteiger partial charge on any atom is -0.256 e. The molecule has 0 fully saturated rings. The van der Waals surface area contributed by atoms with Gasteiger partial charge in [0.2, 0.25) is 0 Å². The maximum Gasteiger partial charge on any atom is 0.198 e. The Kier molecular flexibility index (Phi) is 4.28. The SMILES string of the molecule is N#C/C=C1/C(=C2c3ccccc3-c3ncccc32)/C(=C/C#N)c2c(F)c(F)c(F)c(F)c21. The van der Waals surface area contributed by atoms with E-state index in [4.69, 9.17) is 0 Å². The second-order valence-corrected chi connectivity index (χ2v) is 7.08. The highest BCUT2D eigenvalue weighted by atomic mass is 19.2. The van der Waals surface area contributed by atoms with E-state index in [2.05, 4.69) is 4.98 Å². The van der Waals surface area contributed by atoms with E-state index in [-0.39, 0.29) is 16.7 Å². The molecule has 7 heteroatoms. The van der Waals surface area contributed by atoms with Gasteiger partial charge < -0.3 is 0 Å². The van der Waals surface area contributed by atoms with Crippen molar-refractivity contribution in [3.63, 3.8) is 0 Å². The van der Waals surface area contributed by atoms with Crippen molar-refractivity contribution in [1.29, 1.82) is 10.5 Å². The van der Waals surface area contributed by atoms with Crippen molar-refractivity contribution in [3.05, 3.63) is 106 Å². The van der Waals surface area contributed by atoms with Gasteiger partial charge >= 0.3 is 0 Å². The molecule has 0 amide bonds. The smallest absolute Gasteiger partial charge is 0.198 e. The van der Waals surface area contributed by atoms with E-state index >= 15 is 0 Å². The molecule has 0 saturated heterocycles. The number of halogens is 4. The number of allylic oxidation sites excluding steroid dienone is 5. The average molecular weight is 427 g/mol. The van der Waals surface area contributed by atoms with Crippen LogP contribution in [-0.2, 0) is 0 Å². The lowest BCUT2D eigenvalue weighted by Gasteiger charge is -2.11. The molecule has 3 aromatic rings. The summed E-state index contributed by atoms with van der Waals surface area (Å²) >= 11 is 0. The van der Waals surface area contributed by atoms with Crippen LogP contribution in [0.25, 0.3) is 28.0 Å². The summed E-state index contributed by atoms with van der Waals surface area (Å²) in [5, 5.41) is 18.7. The lowest BCUT2D eigenvalue weighted by atomic mass is 9.91. The van der Waals surface area contributed by atoms with Gasteiger partial charge in [-0.1, -0.05) is 30.3 Å². The first-order valence-electron chi connectivity index (χ1n) is 9.37. The van der Waals surface area contributed by atoms with Crippen molar-refractivity contribution < 1.29 is 17.6 Å². The number of aromatic nitrogens is 1. The van der Waals surface area contributed by atoms with Gasteiger partial charge in [0.15, 0.2) is 23.3 Å². The Morgan fingerprint density at radius 2 is 1.19 bits per heavy atom. The number of rotatable bonds is 0. The van der Waals surface area contributed by atoms with Gasteiger partial charge in [0.1, 0.15) is 0 Å². The maximum atomic E-state index is 14.9. The largest absolute Gasteiger partial charge is 0.256 e. The van der Waals surface area contributed by atoms with Gasteiger partial charge in [-0.2, -0.15) is 10.5 Å². The zero-order valence-corrected chi connectivity index (χ0v) is 16.0. The molecule has 0 bridgehead atoms. The van der Waals surface area contributed by atoms with Crippen LogP contribution in [0, 0.1) is 45.9 Å². The van der Waals surface area contributed by atoms with Gasteiger partial charge in [-0.25, -0.2) is 17.6 Å². The molecule has 152 valence electrons. The Balaban J connectivity index is 2.02. The van der Waals surface area contributed by atoms with E-state index in [1.807, 2.05) is 6.07 Å². The fraction of sp³-hybridized carbons (Fsp3) is 0. The molecule has 1 aromatic heterocycles. The summed E-state index contributed by atoms with van der Waals surface area (Å²) in [6.07, 6.45) is 3.47. The Hall–Kier alpha value is -4.49. The molecule has 0 radical (unpaired) electrons. The second-order valence-electron chi connectivity index (χ2n) is 7.08. The number of pyridine rings is 1. The van der Waals surface area contributed by atoms with E-state index in [1.165, 1.54) is 0 Å². The van der Waals surface area contributed by atoms with E-state index in [9.17, 15) is 28.1 Å². The van der Waals surface area contributed by atoms with E-state index in [0.29, 0.717) is 22.4 Å². The van der Waals surface area contributed by atoms with Gasteiger partial charge in [0.25, 0.3) is 0 Å². The fourth-order valence-electron chi connectivity index (χ4n) is 4.36. The van der Waals surface area contributed by atoms with Crippen LogP contribution in [0.2, 0.25) is 0 Å². The molecule has 0 unspecified atom stereocenters. The molecule has 2 aliphatic carbocycles. The van der Waals surface area contributed by atoms with E-state index < -0.39 is 34.4 Å². The minimum absolute atomic E-state index is 0.130. The Morgan fingerprint density at radius 1 is 0.656 bits per heavy atom. The van der Waals surface area contributed by atoms with E-state index in [0.717, 1.165) is 17.7 Å². The first-order valence-corrected chi connectivity index (χ1v) is 9.37. The number of benzene rings is 2. The van der Waals surface area contributed by atoms with Crippen LogP contribution in [0.5, 0.6) is 0 Å². The molecule has 0 aliphatic heterocycles. The zero-order valence-electron chi connectivity index (χ0n) is 16.0. The van der Waals surface area contributed by atoms with Crippen molar-refractivity contribution in [2.45, 2.75) is 0 Å². The van der Waals surface area contributed by atoms with E-state index in [1.54, 1.807) is 48.7 Å². The first kappa shape index (κ1) is 19.5. The van der Waals surface area contributed by atoms with Crippen LogP contribution < -0.4 is 0 Å². The molecular formula is C25H9F4N3. The van der Waals surface area contributed by atoms with Crippen molar-refractivity contribution in [2.24, 2.45) is 0 Å². The third-order valence-electron chi connectivity index (χ3n) is 5.54. The van der Waals surface area contributed by atoms with Gasteiger partial charge in [-0.15, -0.1) is 0 Å². The van der Waals surface area contributed by atoms with Gasteiger partial charge in [0, 0.05) is 62.9 Å². The van der Waals surface area contributed by atoms with Crippen molar-refractivity contribution >= 4 is 16.7 Å². The third kappa shape index (κ3) is 2.42. The summed E-state index contributed by atoms with van der Waals surface area (Å²) in [6.45, 7) is 0. The van der Waals surface area contributed by atoms with Crippen LogP contribution >= 0.6 is 0 Å². The quantitative estimate of drug-likeness (QED) is 0.151. The first-order chi connectivity index (χ1) is 15.5. The summed E-state index contributed by atoms with van der Waals surface area (Å²) in [4.78, 5) is 4.41. The standard InChI is InChI=1S/C25H9F4N3/c26-21-19-14(7-9-30)18(15(8-10-31)20(19)22(27)24(29)23(21)28)17-12-4-1-2-5-13(12)25-16(17)6-3-11-32-25/h1-8,11H/b14-7-,15-8-. The summed E-state index contributed by atoms with van der Waals surface area (Å²) in [5.41, 5.74) is 1.72. The van der Waals surface area contributed by atoms with Crippen molar-refractivity contribution in [1.82, 2.24) is 4.98 Å². The molecule has 0 spiro atoms. The fourth-order valence-corrected chi connectivity index (χ4v) is 4.36. The van der Waals surface area contributed by atoms with Crippen molar-refractivity contribution in [2.75, 3.05) is 0 Å². The van der Waals surface area contributed by atoms with Crippen LogP contribution in [0.3, 0.4) is 0 Å². The molecule has 0 saturated carbocycles. The molecule has 3 nitrogen and oxygen atoms in total. The molecular weight excluding hydrogens is 418 g/mol. The lowest BCUT2D eigenvalue weighted by molar-refractivity contribution is 0.407. The molecule has 0 atom stereocenters. The monoisotopic (exact) mass is 427 g/mol. The van der Waals surface area contributed by atoms with Crippen LogP contribution in [0.15, 0.2) is 60.3 Å². The molecule has 2 aliphatic rings. The molecule has 0 N–H and O–H groups in total. The lowest BCUT2D eigenvalue weighted by Crippen LogP contribution is -2.03. The number of nitrogens with zero attached hydrogens (tertiary/aromatic N) is 3. The van der Waals surface area contributed by atoms with Crippen molar-refractivity contribution in [3.8, 4) is 23.4 Å². The molecule has 1 heterocycles. The third-order valence-corrected chi connectivity index (χ3v) is 5.54. The summed E-state index contributed by atoms with van der Waals surface area (Å²) in [5.74, 6) is -7.22. The summed E-state index contributed by atoms with van der Waals surface area (Å²) < 4.78 is 58.1. The van der Waals surface area contributed by atoms with Crippen LogP contribution in [0.4, 0.5) is 17.6 Å². The number of nitriles is 2. The topological polar surface area (TPSA) is 60.5 Å². The summed E-state index contributed by atoms with van der Waals surface area (Å²) in [6, 6.07) is 14.1. The highest BCUT2D eigenvalue weighted by Gasteiger charge is 2.40.